The lowest BCUT2D eigenvalue weighted by Gasteiger charge is -2.05. The number of hydrogen-bond donors (Lipinski definition) is 1. The Bertz CT molecular complexity index is 554. The van der Waals surface area contributed by atoms with Crippen molar-refractivity contribution in [1.29, 1.82) is 0 Å². The summed E-state index contributed by atoms with van der Waals surface area (Å²) in [5.74, 6) is 0.818. The molecule has 0 aliphatic rings. The Morgan fingerprint density at radius 3 is 2.65 bits per heavy atom. The maximum atomic E-state index is 5.98. The van der Waals surface area contributed by atoms with E-state index < -0.39 is 0 Å². The largest absolute Gasteiger partial charge is 0.385 e. The van der Waals surface area contributed by atoms with Crippen molar-refractivity contribution in [3.05, 3.63) is 34.1 Å². The van der Waals surface area contributed by atoms with E-state index >= 15 is 0 Å². The molecular weight excluding hydrogens is 301 g/mol. The summed E-state index contributed by atoms with van der Waals surface area (Å²) in [5, 5.41) is 4.94. The van der Waals surface area contributed by atoms with Crippen molar-refractivity contribution in [2.45, 2.75) is 18.9 Å². The van der Waals surface area contributed by atoms with Gasteiger partial charge in [0, 0.05) is 29.3 Å². The molecule has 1 unspecified atom stereocenters. The van der Waals surface area contributed by atoms with E-state index in [1.165, 1.54) is 0 Å². The molecule has 1 aromatic heterocycles. The second-order valence-corrected chi connectivity index (χ2v) is 5.23. The van der Waals surface area contributed by atoms with Crippen LogP contribution in [-0.2, 0) is 4.74 Å². The van der Waals surface area contributed by atoms with Crippen molar-refractivity contribution in [3.63, 3.8) is 0 Å². The minimum atomic E-state index is -0.305. The van der Waals surface area contributed by atoms with Gasteiger partial charge in [-0.3, -0.25) is 0 Å². The van der Waals surface area contributed by atoms with Crippen LogP contribution in [-0.4, -0.2) is 23.9 Å². The van der Waals surface area contributed by atoms with E-state index in [2.05, 4.69) is 10.1 Å². The van der Waals surface area contributed by atoms with Gasteiger partial charge in [0.2, 0.25) is 11.7 Å². The van der Waals surface area contributed by atoms with Gasteiger partial charge in [-0.05, 0) is 31.0 Å². The third kappa shape index (κ3) is 3.93. The van der Waals surface area contributed by atoms with Crippen LogP contribution < -0.4 is 5.73 Å². The number of hydrogen-bond acceptors (Lipinski definition) is 5. The number of benzene rings is 1. The minimum Gasteiger partial charge on any atom is -0.385 e. The van der Waals surface area contributed by atoms with Crippen LogP contribution in [0.5, 0.6) is 0 Å². The molecule has 0 fully saturated rings. The van der Waals surface area contributed by atoms with E-state index in [1.807, 2.05) is 0 Å². The molecule has 7 heteroatoms. The van der Waals surface area contributed by atoms with Crippen LogP contribution in [0.3, 0.4) is 0 Å². The SMILES string of the molecule is COCCCC(N)c1nc(-c2cc(Cl)cc(Cl)c2)no1. The topological polar surface area (TPSA) is 74.2 Å². The number of methoxy groups -OCH3 is 1. The van der Waals surface area contributed by atoms with E-state index in [-0.39, 0.29) is 6.04 Å². The lowest BCUT2D eigenvalue weighted by Crippen LogP contribution is -2.11. The number of rotatable bonds is 6. The Morgan fingerprint density at radius 2 is 2.00 bits per heavy atom. The molecular formula is C13H15Cl2N3O2. The molecule has 0 spiro atoms. The van der Waals surface area contributed by atoms with E-state index in [1.54, 1.807) is 25.3 Å². The van der Waals surface area contributed by atoms with Gasteiger partial charge in [-0.1, -0.05) is 28.4 Å². The van der Waals surface area contributed by atoms with Gasteiger partial charge in [0.25, 0.3) is 0 Å². The Balaban J connectivity index is 2.11. The summed E-state index contributed by atoms with van der Waals surface area (Å²) in [6.45, 7) is 0.651. The number of nitrogens with zero attached hydrogens (tertiary/aromatic N) is 2. The molecule has 2 rings (SSSR count). The highest BCUT2D eigenvalue weighted by Crippen LogP contribution is 2.26. The fourth-order valence-corrected chi connectivity index (χ4v) is 2.28. The first-order chi connectivity index (χ1) is 9.60. The number of aromatic nitrogens is 2. The van der Waals surface area contributed by atoms with Crippen LogP contribution in [0.25, 0.3) is 11.4 Å². The Hall–Kier alpha value is -1.14. The van der Waals surface area contributed by atoms with Gasteiger partial charge in [0.1, 0.15) is 0 Å². The maximum Gasteiger partial charge on any atom is 0.243 e. The molecule has 0 amide bonds. The number of ether oxygens (including phenoxy) is 1. The molecule has 0 bridgehead atoms. The Labute approximate surface area is 127 Å². The second kappa shape index (κ2) is 7.04. The molecule has 2 aromatic rings. The first-order valence-corrected chi connectivity index (χ1v) is 6.90. The van der Waals surface area contributed by atoms with Crippen LogP contribution in [0.2, 0.25) is 10.0 Å². The summed E-state index contributed by atoms with van der Waals surface area (Å²) in [6.07, 6.45) is 1.55. The van der Waals surface area contributed by atoms with Crippen molar-refractivity contribution >= 4 is 23.2 Å². The third-order valence-corrected chi connectivity index (χ3v) is 3.18. The molecule has 0 saturated heterocycles. The molecule has 1 heterocycles. The smallest absolute Gasteiger partial charge is 0.243 e. The molecule has 0 saturated carbocycles. The van der Waals surface area contributed by atoms with E-state index in [0.29, 0.717) is 40.4 Å². The van der Waals surface area contributed by atoms with Gasteiger partial charge in [0.05, 0.1) is 6.04 Å². The lowest BCUT2D eigenvalue weighted by atomic mass is 10.1. The monoisotopic (exact) mass is 315 g/mol. The average Bonchev–Trinajstić information content (AvgIpc) is 2.87. The van der Waals surface area contributed by atoms with Gasteiger partial charge in [-0.25, -0.2) is 0 Å². The molecule has 0 aliphatic heterocycles. The third-order valence-electron chi connectivity index (χ3n) is 2.74. The molecule has 2 N–H and O–H groups in total. The van der Waals surface area contributed by atoms with Gasteiger partial charge in [-0.15, -0.1) is 0 Å². The number of halogens is 2. The molecule has 20 heavy (non-hydrogen) atoms. The van der Waals surface area contributed by atoms with Crippen molar-refractivity contribution in [2.75, 3.05) is 13.7 Å². The summed E-state index contributed by atoms with van der Waals surface area (Å²) < 4.78 is 10.2. The van der Waals surface area contributed by atoms with Gasteiger partial charge >= 0.3 is 0 Å². The summed E-state index contributed by atoms with van der Waals surface area (Å²) >= 11 is 11.9. The maximum absolute atomic E-state index is 5.98. The molecule has 0 radical (unpaired) electrons. The van der Waals surface area contributed by atoms with Crippen LogP contribution in [0.1, 0.15) is 24.8 Å². The molecule has 108 valence electrons. The van der Waals surface area contributed by atoms with Crippen LogP contribution in [0.4, 0.5) is 0 Å². The average molecular weight is 316 g/mol. The zero-order chi connectivity index (χ0) is 14.5. The second-order valence-electron chi connectivity index (χ2n) is 4.36. The van der Waals surface area contributed by atoms with Crippen LogP contribution in [0, 0.1) is 0 Å². The molecule has 1 aromatic carbocycles. The van der Waals surface area contributed by atoms with E-state index in [0.717, 1.165) is 6.42 Å². The summed E-state index contributed by atoms with van der Waals surface area (Å²) in [4.78, 5) is 4.28. The zero-order valence-corrected chi connectivity index (χ0v) is 12.5. The van der Waals surface area contributed by atoms with Crippen LogP contribution in [0.15, 0.2) is 22.7 Å². The zero-order valence-electron chi connectivity index (χ0n) is 11.0. The fraction of sp³-hybridized carbons (Fsp3) is 0.385. The summed E-state index contributed by atoms with van der Waals surface area (Å²) in [6, 6.07) is 4.78. The minimum absolute atomic E-state index is 0.305. The van der Waals surface area contributed by atoms with Crippen molar-refractivity contribution in [2.24, 2.45) is 5.73 Å². The first-order valence-electron chi connectivity index (χ1n) is 6.14. The quantitative estimate of drug-likeness (QED) is 0.826. The first kappa shape index (κ1) is 15.3. The molecule has 5 nitrogen and oxygen atoms in total. The van der Waals surface area contributed by atoms with Gasteiger partial charge in [-0.2, -0.15) is 4.98 Å². The predicted octanol–water partition coefficient (Wildman–Crippen LogP) is 3.47. The van der Waals surface area contributed by atoms with E-state index in [4.69, 9.17) is 38.2 Å². The van der Waals surface area contributed by atoms with Crippen LogP contribution >= 0.6 is 23.2 Å². The Morgan fingerprint density at radius 1 is 1.30 bits per heavy atom. The highest BCUT2D eigenvalue weighted by atomic mass is 35.5. The normalized spacial score (nSPS) is 12.6. The molecule has 1 atom stereocenters. The Kier molecular flexibility index (Phi) is 5.37. The van der Waals surface area contributed by atoms with Crippen molar-refractivity contribution in [1.82, 2.24) is 10.1 Å². The standard InChI is InChI=1S/C13H15Cl2N3O2/c1-19-4-2-3-11(16)13-17-12(18-20-13)8-5-9(14)7-10(15)6-8/h5-7,11H,2-4,16H2,1H3. The molecule has 0 aliphatic carbocycles. The van der Waals surface area contributed by atoms with Gasteiger partial charge < -0.3 is 15.0 Å². The lowest BCUT2D eigenvalue weighted by molar-refractivity contribution is 0.188. The fourth-order valence-electron chi connectivity index (χ4n) is 1.76. The summed E-state index contributed by atoms with van der Waals surface area (Å²) in [5.41, 5.74) is 6.68. The van der Waals surface area contributed by atoms with E-state index in [9.17, 15) is 0 Å². The summed E-state index contributed by atoms with van der Waals surface area (Å²) in [7, 11) is 1.65. The van der Waals surface area contributed by atoms with Gasteiger partial charge in [0.15, 0.2) is 0 Å². The van der Waals surface area contributed by atoms with Crippen molar-refractivity contribution < 1.29 is 9.26 Å². The van der Waals surface area contributed by atoms with Crippen molar-refractivity contribution in [3.8, 4) is 11.4 Å². The number of nitrogens with two attached hydrogens (primary N) is 1. The highest BCUT2D eigenvalue weighted by Gasteiger charge is 2.16. The highest BCUT2D eigenvalue weighted by molar-refractivity contribution is 6.35. The predicted molar refractivity (Wildman–Crippen MR) is 77.8 cm³/mol.